The van der Waals surface area contributed by atoms with Gasteiger partial charge < -0.3 is 14.4 Å². The number of alkyl halides is 3. The largest absolute Gasteiger partial charge is 0.411 e. The molecule has 180 valence electrons. The van der Waals surface area contributed by atoms with Gasteiger partial charge in [-0.3, -0.25) is 4.79 Å². The minimum Gasteiger partial charge on any atom is -0.373 e. The van der Waals surface area contributed by atoms with Gasteiger partial charge in [-0.1, -0.05) is 12.1 Å². The minimum atomic E-state index is -4.39. The molecule has 3 rings (SSSR count). The number of carbonyl (C=O) groups excluding carboxylic acids is 1. The van der Waals surface area contributed by atoms with Gasteiger partial charge in [-0.2, -0.15) is 30.2 Å². The Labute approximate surface area is 186 Å². The van der Waals surface area contributed by atoms with E-state index in [0.717, 1.165) is 0 Å². The summed E-state index contributed by atoms with van der Waals surface area (Å²) in [4.78, 5) is 14.3. The zero-order valence-electron chi connectivity index (χ0n) is 18.0. The summed E-state index contributed by atoms with van der Waals surface area (Å²) in [5, 5.41) is 0. The van der Waals surface area contributed by atoms with Crippen molar-refractivity contribution in [3.05, 3.63) is 35.4 Å². The first-order valence-electron chi connectivity index (χ1n) is 10.4. The number of hydrogen-bond donors (Lipinski definition) is 0. The molecule has 0 spiro atoms. The van der Waals surface area contributed by atoms with Crippen LogP contribution in [0.5, 0.6) is 0 Å². The number of rotatable bonds is 6. The summed E-state index contributed by atoms with van der Waals surface area (Å²) >= 11 is 0. The van der Waals surface area contributed by atoms with Crippen LogP contribution in [0, 0.1) is 0 Å². The Bertz CT molecular complexity index is 877. The van der Waals surface area contributed by atoms with Gasteiger partial charge in [0.05, 0.1) is 18.8 Å². The fourth-order valence-electron chi connectivity index (χ4n) is 3.82. The minimum absolute atomic E-state index is 0.182. The lowest BCUT2D eigenvalue weighted by atomic mass is 10.1. The summed E-state index contributed by atoms with van der Waals surface area (Å²) in [5.41, 5.74) is 0.910. The standard InChI is InChI=1S/C20H28F3N3O5S/c1-15-11-26(12-16(2)31-15)32(28,29)25-9-7-24(8-10-25)19(27)18-5-3-17(4-6-18)13-30-14-20(21,22)23/h3-6,15-16H,7-14H2,1-2H3. The van der Waals surface area contributed by atoms with E-state index in [9.17, 15) is 26.4 Å². The number of benzene rings is 1. The van der Waals surface area contributed by atoms with Crippen LogP contribution in [0.3, 0.4) is 0 Å². The topological polar surface area (TPSA) is 79.4 Å². The maximum Gasteiger partial charge on any atom is 0.411 e. The molecule has 32 heavy (non-hydrogen) atoms. The number of hydrogen-bond acceptors (Lipinski definition) is 5. The van der Waals surface area contributed by atoms with Gasteiger partial charge in [-0.05, 0) is 31.5 Å². The van der Waals surface area contributed by atoms with E-state index in [0.29, 0.717) is 24.2 Å². The molecule has 2 saturated heterocycles. The third kappa shape index (κ3) is 6.41. The second kappa shape index (κ2) is 10.0. The van der Waals surface area contributed by atoms with Crippen molar-refractivity contribution in [3.63, 3.8) is 0 Å². The monoisotopic (exact) mass is 479 g/mol. The zero-order chi connectivity index (χ0) is 23.5. The Balaban J connectivity index is 1.53. The van der Waals surface area contributed by atoms with Crippen LogP contribution in [0.4, 0.5) is 13.2 Å². The van der Waals surface area contributed by atoms with Gasteiger partial charge in [0.15, 0.2) is 0 Å². The smallest absolute Gasteiger partial charge is 0.373 e. The molecule has 2 atom stereocenters. The number of halogens is 3. The molecule has 12 heteroatoms. The number of piperazine rings is 1. The highest BCUT2D eigenvalue weighted by Gasteiger charge is 2.37. The van der Waals surface area contributed by atoms with E-state index in [4.69, 9.17) is 4.74 Å². The number of morpholine rings is 1. The lowest BCUT2D eigenvalue weighted by Crippen LogP contribution is -2.57. The van der Waals surface area contributed by atoms with Crippen LogP contribution in [0.15, 0.2) is 24.3 Å². The van der Waals surface area contributed by atoms with Gasteiger partial charge in [0, 0.05) is 44.8 Å². The molecular weight excluding hydrogens is 451 g/mol. The fraction of sp³-hybridized carbons (Fsp3) is 0.650. The summed E-state index contributed by atoms with van der Waals surface area (Å²) in [6, 6.07) is 6.17. The molecule has 0 N–H and O–H groups in total. The molecule has 1 aromatic rings. The van der Waals surface area contributed by atoms with Gasteiger partial charge in [0.25, 0.3) is 16.1 Å². The van der Waals surface area contributed by atoms with Crippen LogP contribution in [-0.4, -0.2) is 92.1 Å². The lowest BCUT2D eigenvalue weighted by Gasteiger charge is -2.40. The van der Waals surface area contributed by atoms with Crippen molar-refractivity contribution in [2.45, 2.75) is 38.8 Å². The van der Waals surface area contributed by atoms with Crippen molar-refractivity contribution in [2.75, 3.05) is 45.9 Å². The Morgan fingerprint density at radius 1 is 1.03 bits per heavy atom. The third-order valence-electron chi connectivity index (χ3n) is 5.30. The maximum absolute atomic E-state index is 13.0. The third-order valence-corrected chi connectivity index (χ3v) is 7.27. The van der Waals surface area contributed by atoms with Crippen LogP contribution in [0.25, 0.3) is 0 Å². The predicted octanol–water partition coefficient (Wildman–Crippen LogP) is 1.88. The molecule has 0 aromatic heterocycles. The number of amides is 1. The highest BCUT2D eigenvalue weighted by molar-refractivity contribution is 7.86. The molecule has 2 unspecified atom stereocenters. The summed E-state index contributed by atoms with van der Waals surface area (Å²) in [6.07, 6.45) is -4.75. The normalized spacial score (nSPS) is 24.0. The van der Waals surface area contributed by atoms with Gasteiger partial charge in [-0.15, -0.1) is 0 Å². The molecule has 0 aliphatic carbocycles. The highest BCUT2D eigenvalue weighted by atomic mass is 32.2. The summed E-state index contributed by atoms with van der Waals surface area (Å²) in [7, 11) is -3.64. The van der Waals surface area contributed by atoms with E-state index in [1.165, 1.54) is 20.7 Å². The highest BCUT2D eigenvalue weighted by Crippen LogP contribution is 2.20. The summed E-state index contributed by atoms with van der Waals surface area (Å²) in [5.74, 6) is -0.251. The molecule has 2 fully saturated rings. The molecule has 0 radical (unpaired) electrons. The molecule has 1 aromatic carbocycles. The molecule has 2 heterocycles. The number of nitrogens with zero attached hydrogens (tertiary/aromatic N) is 3. The van der Waals surface area contributed by atoms with Crippen molar-refractivity contribution in [1.29, 1.82) is 0 Å². The fourth-order valence-corrected chi connectivity index (χ4v) is 5.56. The van der Waals surface area contributed by atoms with Crippen LogP contribution < -0.4 is 0 Å². The average Bonchev–Trinajstić information content (AvgIpc) is 2.72. The van der Waals surface area contributed by atoms with Crippen molar-refractivity contribution >= 4 is 16.1 Å². The Morgan fingerprint density at radius 3 is 2.12 bits per heavy atom. The molecule has 0 saturated carbocycles. The van der Waals surface area contributed by atoms with Crippen molar-refractivity contribution in [1.82, 2.24) is 13.5 Å². The first-order chi connectivity index (χ1) is 15.0. The van der Waals surface area contributed by atoms with Crippen LogP contribution in [-0.2, 0) is 26.3 Å². The van der Waals surface area contributed by atoms with Crippen LogP contribution in [0.1, 0.15) is 29.8 Å². The first-order valence-corrected chi connectivity index (χ1v) is 11.8. The Morgan fingerprint density at radius 2 is 1.59 bits per heavy atom. The number of carbonyl (C=O) groups is 1. The maximum atomic E-state index is 13.0. The lowest BCUT2D eigenvalue weighted by molar-refractivity contribution is -0.176. The molecular formula is C20H28F3N3O5S. The van der Waals surface area contributed by atoms with Gasteiger partial charge in [0.1, 0.15) is 6.61 Å². The number of ether oxygens (including phenoxy) is 2. The van der Waals surface area contributed by atoms with Crippen molar-refractivity contribution in [3.8, 4) is 0 Å². The van der Waals surface area contributed by atoms with E-state index in [2.05, 4.69) is 4.74 Å². The second-order valence-electron chi connectivity index (χ2n) is 8.08. The van der Waals surface area contributed by atoms with E-state index in [-0.39, 0.29) is 50.9 Å². The van der Waals surface area contributed by atoms with E-state index >= 15 is 0 Å². The van der Waals surface area contributed by atoms with Gasteiger partial charge in [0.2, 0.25) is 0 Å². The summed E-state index contributed by atoms with van der Waals surface area (Å²) in [6.45, 7) is 3.62. The van der Waals surface area contributed by atoms with E-state index < -0.39 is 23.0 Å². The zero-order valence-corrected chi connectivity index (χ0v) is 18.9. The predicted molar refractivity (Wildman–Crippen MR) is 110 cm³/mol. The van der Waals surface area contributed by atoms with Gasteiger partial charge >= 0.3 is 6.18 Å². The SMILES string of the molecule is CC1CN(S(=O)(=O)N2CCN(C(=O)c3ccc(COCC(F)(F)F)cc3)CC2)CC(C)O1. The van der Waals surface area contributed by atoms with E-state index in [1.54, 1.807) is 17.0 Å². The van der Waals surface area contributed by atoms with Crippen molar-refractivity contribution < 1.29 is 35.9 Å². The Kier molecular flexibility index (Phi) is 7.81. The second-order valence-corrected chi connectivity index (χ2v) is 10.0. The molecule has 8 nitrogen and oxygen atoms in total. The quantitative estimate of drug-likeness (QED) is 0.623. The van der Waals surface area contributed by atoms with Crippen LogP contribution >= 0.6 is 0 Å². The summed E-state index contributed by atoms with van der Waals surface area (Å²) < 4.78 is 75.4. The molecule has 1 amide bonds. The van der Waals surface area contributed by atoms with Crippen molar-refractivity contribution in [2.24, 2.45) is 0 Å². The van der Waals surface area contributed by atoms with E-state index in [1.807, 2.05) is 13.8 Å². The Hall–Kier alpha value is -1.73. The molecule has 0 bridgehead atoms. The van der Waals surface area contributed by atoms with Gasteiger partial charge in [-0.25, -0.2) is 0 Å². The van der Waals surface area contributed by atoms with Crippen LogP contribution in [0.2, 0.25) is 0 Å². The average molecular weight is 480 g/mol. The first kappa shape index (κ1) is 24.9. The molecule has 2 aliphatic heterocycles. The molecule has 2 aliphatic rings.